The van der Waals surface area contributed by atoms with Crippen molar-refractivity contribution in [1.82, 2.24) is 5.32 Å². The fourth-order valence-electron chi connectivity index (χ4n) is 3.17. The Morgan fingerprint density at radius 2 is 1.89 bits per heavy atom. The number of nitrogens with zero attached hydrogens (tertiary/aromatic N) is 1. The highest BCUT2D eigenvalue weighted by Crippen LogP contribution is 2.36. The summed E-state index contributed by atoms with van der Waals surface area (Å²) in [5.74, 6) is -0.426. The Kier molecular flexibility index (Phi) is 9.14. The summed E-state index contributed by atoms with van der Waals surface area (Å²) in [4.78, 5) is 14.4. The molecule has 2 saturated heterocycles. The van der Waals surface area contributed by atoms with Gasteiger partial charge in [-0.25, -0.2) is 0 Å². The maximum absolute atomic E-state index is 13.1. The van der Waals surface area contributed by atoms with Gasteiger partial charge in [-0.15, -0.1) is 24.8 Å². The first-order valence-corrected chi connectivity index (χ1v) is 8.54. The van der Waals surface area contributed by atoms with Gasteiger partial charge in [-0.05, 0) is 37.5 Å². The van der Waals surface area contributed by atoms with Crippen molar-refractivity contribution in [3.8, 4) is 0 Å². The summed E-state index contributed by atoms with van der Waals surface area (Å²) in [5.41, 5.74) is 0.0481. The second-order valence-electron chi connectivity index (χ2n) is 6.33. The Balaban J connectivity index is 0.00000182. The molecule has 1 atom stereocenters. The van der Waals surface area contributed by atoms with Gasteiger partial charge in [0.2, 0.25) is 0 Å². The lowest BCUT2D eigenvalue weighted by Gasteiger charge is -2.31. The van der Waals surface area contributed by atoms with Crippen LogP contribution in [0.5, 0.6) is 0 Å². The molecule has 1 amide bonds. The third-order valence-corrected chi connectivity index (χ3v) is 4.50. The van der Waals surface area contributed by atoms with Crippen molar-refractivity contribution in [1.29, 1.82) is 0 Å². The Bertz CT molecular complexity index is 620. The Labute approximate surface area is 168 Å². The number of hydrogen-bond donors (Lipinski definition) is 2. The number of carbonyl (C=O) groups excluding carboxylic acids is 1. The van der Waals surface area contributed by atoms with Crippen LogP contribution in [0.15, 0.2) is 18.2 Å². The number of alkyl halides is 3. The van der Waals surface area contributed by atoms with Crippen molar-refractivity contribution in [3.63, 3.8) is 0 Å². The maximum atomic E-state index is 13.1. The van der Waals surface area contributed by atoms with Crippen LogP contribution in [-0.4, -0.2) is 44.8 Å². The molecule has 2 fully saturated rings. The van der Waals surface area contributed by atoms with E-state index in [1.807, 2.05) is 4.90 Å². The summed E-state index contributed by atoms with van der Waals surface area (Å²) in [6.45, 7) is 2.96. The van der Waals surface area contributed by atoms with Crippen LogP contribution in [0, 0.1) is 0 Å². The van der Waals surface area contributed by atoms with E-state index in [1.54, 1.807) is 0 Å². The zero-order chi connectivity index (χ0) is 17.9. The molecule has 2 N–H and O–H groups in total. The monoisotopic (exact) mass is 429 g/mol. The summed E-state index contributed by atoms with van der Waals surface area (Å²) in [7, 11) is 0. The van der Waals surface area contributed by atoms with Gasteiger partial charge < -0.3 is 20.3 Å². The van der Waals surface area contributed by atoms with Crippen molar-refractivity contribution in [2.75, 3.05) is 43.0 Å². The van der Waals surface area contributed by atoms with Crippen LogP contribution in [0.3, 0.4) is 0 Å². The number of ether oxygens (including phenoxy) is 1. The van der Waals surface area contributed by atoms with Crippen LogP contribution >= 0.6 is 24.8 Å². The van der Waals surface area contributed by atoms with Gasteiger partial charge in [-0.1, -0.05) is 0 Å². The molecule has 0 spiro atoms. The lowest BCUT2D eigenvalue weighted by molar-refractivity contribution is -0.137. The molecule has 3 rings (SSSR count). The van der Waals surface area contributed by atoms with Gasteiger partial charge in [-0.2, -0.15) is 13.2 Å². The van der Waals surface area contributed by atoms with Gasteiger partial charge in [-0.3, -0.25) is 4.79 Å². The van der Waals surface area contributed by atoms with Crippen LogP contribution in [-0.2, 0) is 15.7 Å². The number of amides is 1. The molecule has 2 heterocycles. The molecule has 0 bridgehead atoms. The normalized spacial score (nSPS) is 20.3. The fourth-order valence-corrected chi connectivity index (χ4v) is 3.17. The van der Waals surface area contributed by atoms with E-state index in [1.165, 1.54) is 6.07 Å². The van der Waals surface area contributed by atoms with Crippen LogP contribution in [0.4, 0.5) is 24.5 Å². The van der Waals surface area contributed by atoms with Gasteiger partial charge in [0, 0.05) is 26.2 Å². The number of rotatable bonds is 3. The van der Waals surface area contributed by atoms with Crippen molar-refractivity contribution in [2.24, 2.45) is 0 Å². The topological polar surface area (TPSA) is 53.6 Å². The summed E-state index contributed by atoms with van der Waals surface area (Å²) in [6, 6.07) is 3.53. The van der Waals surface area contributed by atoms with E-state index in [0.29, 0.717) is 25.4 Å². The molecular formula is C17H24Cl2F3N3O2. The van der Waals surface area contributed by atoms with Gasteiger partial charge in [0.05, 0.1) is 23.5 Å². The highest BCUT2D eigenvalue weighted by Gasteiger charge is 2.32. The highest BCUT2D eigenvalue weighted by atomic mass is 35.5. The van der Waals surface area contributed by atoms with Crippen LogP contribution in [0.25, 0.3) is 0 Å². The second-order valence-corrected chi connectivity index (χ2v) is 6.33. The SMILES string of the molecule is Cl.Cl.O=C(Nc1cc(C(F)(F)F)ccc1N1CCCCC1)C1CNCCO1. The first-order chi connectivity index (χ1) is 11.9. The number of hydrogen-bond acceptors (Lipinski definition) is 4. The summed E-state index contributed by atoms with van der Waals surface area (Å²) >= 11 is 0. The smallest absolute Gasteiger partial charge is 0.370 e. The molecule has 5 nitrogen and oxygen atoms in total. The molecule has 0 aliphatic carbocycles. The van der Waals surface area contributed by atoms with E-state index in [0.717, 1.165) is 44.5 Å². The van der Waals surface area contributed by atoms with Crippen LogP contribution in [0.1, 0.15) is 24.8 Å². The summed E-state index contributed by atoms with van der Waals surface area (Å²) in [6.07, 6.45) is -2.06. The Morgan fingerprint density at radius 1 is 1.19 bits per heavy atom. The molecule has 1 aromatic carbocycles. The van der Waals surface area contributed by atoms with E-state index in [-0.39, 0.29) is 30.5 Å². The highest BCUT2D eigenvalue weighted by molar-refractivity contribution is 5.97. The minimum absolute atomic E-state index is 0. The zero-order valence-electron chi connectivity index (χ0n) is 14.7. The minimum Gasteiger partial charge on any atom is -0.370 e. The summed E-state index contributed by atoms with van der Waals surface area (Å²) < 4.78 is 44.6. The minimum atomic E-state index is -4.46. The van der Waals surface area contributed by atoms with Crippen molar-refractivity contribution >= 4 is 42.1 Å². The van der Waals surface area contributed by atoms with Crippen LogP contribution in [0.2, 0.25) is 0 Å². The number of carbonyl (C=O) groups is 1. The first-order valence-electron chi connectivity index (χ1n) is 8.54. The Hall–Kier alpha value is -1.22. The molecule has 1 aromatic rings. The predicted octanol–water partition coefficient (Wildman–Crippen LogP) is 3.47. The lowest BCUT2D eigenvalue weighted by Crippen LogP contribution is -2.45. The molecule has 27 heavy (non-hydrogen) atoms. The third kappa shape index (κ3) is 6.14. The van der Waals surface area contributed by atoms with Crippen molar-refractivity contribution in [2.45, 2.75) is 31.5 Å². The quantitative estimate of drug-likeness (QED) is 0.772. The second kappa shape index (κ2) is 10.4. The third-order valence-electron chi connectivity index (χ3n) is 4.50. The van der Waals surface area contributed by atoms with E-state index in [2.05, 4.69) is 10.6 Å². The Morgan fingerprint density at radius 3 is 2.48 bits per heavy atom. The average molecular weight is 430 g/mol. The van der Waals surface area contributed by atoms with E-state index < -0.39 is 23.8 Å². The predicted molar refractivity (Wildman–Crippen MR) is 103 cm³/mol. The molecule has 0 saturated carbocycles. The zero-order valence-corrected chi connectivity index (χ0v) is 16.3. The largest absolute Gasteiger partial charge is 0.416 e. The molecule has 10 heteroatoms. The van der Waals surface area contributed by atoms with E-state index in [9.17, 15) is 18.0 Å². The molecule has 154 valence electrons. The molecule has 0 aromatic heterocycles. The molecule has 2 aliphatic heterocycles. The molecule has 1 unspecified atom stereocenters. The lowest BCUT2D eigenvalue weighted by atomic mass is 10.1. The number of morpholine rings is 1. The van der Waals surface area contributed by atoms with Gasteiger partial charge in [0.1, 0.15) is 6.10 Å². The van der Waals surface area contributed by atoms with Crippen LogP contribution < -0.4 is 15.5 Å². The number of nitrogens with one attached hydrogen (secondary N) is 2. The van der Waals surface area contributed by atoms with E-state index >= 15 is 0 Å². The van der Waals surface area contributed by atoms with Gasteiger partial charge in [0.25, 0.3) is 5.91 Å². The number of halogens is 5. The molecule has 2 aliphatic rings. The molecule has 0 radical (unpaired) electrons. The average Bonchev–Trinajstić information content (AvgIpc) is 2.62. The van der Waals surface area contributed by atoms with Crippen molar-refractivity contribution < 1.29 is 22.7 Å². The maximum Gasteiger partial charge on any atom is 0.416 e. The standard InChI is InChI=1S/C17H22F3N3O2.2ClH/c18-17(19,20)12-4-5-14(23-7-2-1-3-8-23)13(10-12)22-16(24)15-11-21-6-9-25-15;;/h4-5,10,15,21H,1-3,6-9,11H2,(H,22,24);2*1H. The number of piperidine rings is 1. The first kappa shape index (κ1) is 23.8. The summed E-state index contributed by atoms with van der Waals surface area (Å²) in [5, 5.41) is 5.68. The van der Waals surface area contributed by atoms with Gasteiger partial charge in [0.15, 0.2) is 0 Å². The number of benzene rings is 1. The number of anilines is 2. The molecular weight excluding hydrogens is 406 g/mol. The van der Waals surface area contributed by atoms with Gasteiger partial charge >= 0.3 is 6.18 Å². The van der Waals surface area contributed by atoms with E-state index in [4.69, 9.17) is 4.74 Å². The van der Waals surface area contributed by atoms with Crippen molar-refractivity contribution in [3.05, 3.63) is 23.8 Å². The fraction of sp³-hybridized carbons (Fsp3) is 0.588.